The first-order valence-corrected chi connectivity index (χ1v) is 9.16. The summed E-state index contributed by atoms with van der Waals surface area (Å²) in [5.41, 5.74) is 6.18. The van der Waals surface area contributed by atoms with E-state index in [1.807, 2.05) is 13.8 Å². The number of halogens is 2. The lowest BCUT2D eigenvalue weighted by molar-refractivity contribution is 0.341. The highest BCUT2D eigenvalue weighted by Gasteiger charge is 2.34. The van der Waals surface area contributed by atoms with E-state index in [-0.39, 0.29) is 22.5 Å². The van der Waals surface area contributed by atoms with Crippen molar-refractivity contribution in [2.75, 3.05) is 6.54 Å². The van der Waals surface area contributed by atoms with Crippen LogP contribution in [0.3, 0.4) is 0 Å². The standard InChI is InChI=1S/C14H20Cl2N2O2S/c1-9(2)18(8-10-3-4-10)21(19,20)14-5-11(7-17)12(15)6-13(14)16/h5-6,9-10H,3-4,7-8,17H2,1-2H3. The summed E-state index contributed by atoms with van der Waals surface area (Å²) < 4.78 is 27.3. The lowest BCUT2D eigenvalue weighted by Gasteiger charge is -2.26. The zero-order chi connectivity index (χ0) is 15.8. The van der Waals surface area contributed by atoms with Gasteiger partial charge in [0.1, 0.15) is 4.90 Å². The van der Waals surface area contributed by atoms with Gasteiger partial charge in [0.15, 0.2) is 0 Å². The monoisotopic (exact) mass is 350 g/mol. The van der Waals surface area contributed by atoms with Crippen molar-refractivity contribution in [2.45, 2.75) is 44.2 Å². The number of sulfonamides is 1. The molecule has 0 saturated heterocycles. The maximum Gasteiger partial charge on any atom is 0.244 e. The summed E-state index contributed by atoms with van der Waals surface area (Å²) in [6.07, 6.45) is 2.17. The number of nitrogens with zero attached hydrogens (tertiary/aromatic N) is 1. The zero-order valence-corrected chi connectivity index (χ0v) is 14.5. The fourth-order valence-corrected chi connectivity index (χ4v) is 4.76. The highest BCUT2D eigenvalue weighted by molar-refractivity contribution is 7.89. The predicted molar refractivity (Wildman–Crippen MR) is 86.1 cm³/mol. The van der Waals surface area contributed by atoms with E-state index in [1.54, 1.807) is 0 Å². The van der Waals surface area contributed by atoms with Gasteiger partial charge in [-0.05, 0) is 50.3 Å². The lowest BCUT2D eigenvalue weighted by Crippen LogP contribution is -2.38. The van der Waals surface area contributed by atoms with Crippen LogP contribution in [0.1, 0.15) is 32.3 Å². The maximum atomic E-state index is 12.9. The number of nitrogens with two attached hydrogens (primary N) is 1. The summed E-state index contributed by atoms with van der Waals surface area (Å²) in [5, 5.41) is 0.526. The highest BCUT2D eigenvalue weighted by Crippen LogP contribution is 2.35. The van der Waals surface area contributed by atoms with Crippen molar-refractivity contribution in [3.8, 4) is 0 Å². The van der Waals surface area contributed by atoms with Gasteiger partial charge in [-0.2, -0.15) is 4.31 Å². The van der Waals surface area contributed by atoms with Crippen LogP contribution in [0.25, 0.3) is 0 Å². The van der Waals surface area contributed by atoms with Crippen LogP contribution in [0, 0.1) is 5.92 Å². The van der Waals surface area contributed by atoms with Crippen molar-refractivity contribution in [3.63, 3.8) is 0 Å². The summed E-state index contributed by atoms with van der Waals surface area (Å²) in [4.78, 5) is 0.0865. The summed E-state index contributed by atoms with van der Waals surface area (Å²) in [6.45, 7) is 4.45. The van der Waals surface area contributed by atoms with E-state index in [9.17, 15) is 8.42 Å². The maximum absolute atomic E-state index is 12.9. The molecule has 0 unspecified atom stereocenters. The van der Waals surface area contributed by atoms with E-state index >= 15 is 0 Å². The molecule has 1 aliphatic carbocycles. The van der Waals surface area contributed by atoms with Crippen molar-refractivity contribution < 1.29 is 8.42 Å². The average molecular weight is 351 g/mol. The lowest BCUT2D eigenvalue weighted by atomic mass is 10.2. The van der Waals surface area contributed by atoms with Crippen LogP contribution in [-0.4, -0.2) is 25.3 Å². The normalized spacial score (nSPS) is 16.0. The third kappa shape index (κ3) is 3.71. The quantitative estimate of drug-likeness (QED) is 0.856. The van der Waals surface area contributed by atoms with Gasteiger partial charge < -0.3 is 5.73 Å². The van der Waals surface area contributed by atoms with Crippen molar-refractivity contribution in [1.82, 2.24) is 4.31 Å². The van der Waals surface area contributed by atoms with E-state index in [2.05, 4.69) is 0 Å². The van der Waals surface area contributed by atoms with Gasteiger partial charge in [0, 0.05) is 24.2 Å². The Bertz CT molecular complexity index is 628. The minimum absolute atomic E-state index is 0.0865. The Balaban J connectivity index is 2.45. The average Bonchev–Trinajstić information content (AvgIpc) is 3.19. The summed E-state index contributed by atoms with van der Waals surface area (Å²) in [6, 6.07) is 2.82. The van der Waals surface area contributed by atoms with Crippen molar-refractivity contribution in [2.24, 2.45) is 11.7 Å². The molecule has 1 aromatic rings. The number of hydrogen-bond donors (Lipinski definition) is 1. The smallest absolute Gasteiger partial charge is 0.244 e. The van der Waals surface area contributed by atoms with Gasteiger partial charge in [-0.3, -0.25) is 0 Å². The second-order valence-electron chi connectivity index (χ2n) is 5.69. The summed E-state index contributed by atoms with van der Waals surface area (Å²) >= 11 is 12.1. The summed E-state index contributed by atoms with van der Waals surface area (Å²) in [7, 11) is -3.65. The van der Waals surface area contributed by atoms with Crippen molar-refractivity contribution in [1.29, 1.82) is 0 Å². The third-order valence-corrected chi connectivity index (χ3v) is 6.48. The van der Waals surface area contributed by atoms with Crippen LogP contribution in [0.2, 0.25) is 10.0 Å². The van der Waals surface area contributed by atoms with Crippen LogP contribution in [0.4, 0.5) is 0 Å². The molecule has 0 radical (unpaired) electrons. The van der Waals surface area contributed by atoms with Gasteiger partial charge in [0.25, 0.3) is 0 Å². The second kappa shape index (κ2) is 6.42. The Kier molecular flexibility index (Phi) is 5.21. The molecule has 21 heavy (non-hydrogen) atoms. The van der Waals surface area contributed by atoms with Crippen molar-refractivity contribution >= 4 is 33.2 Å². The molecule has 0 amide bonds. The Morgan fingerprint density at radius 1 is 1.29 bits per heavy atom. The molecule has 1 fully saturated rings. The Labute approximate surface area is 136 Å². The molecule has 1 saturated carbocycles. The summed E-state index contributed by atoms with van der Waals surface area (Å²) in [5.74, 6) is 0.460. The van der Waals surface area contributed by atoms with Crippen LogP contribution >= 0.6 is 23.2 Å². The van der Waals surface area contributed by atoms with Gasteiger partial charge in [0.05, 0.1) is 5.02 Å². The first-order chi connectivity index (χ1) is 9.77. The van der Waals surface area contributed by atoms with Crippen LogP contribution in [0.15, 0.2) is 17.0 Å². The van der Waals surface area contributed by atoms with Crippen molar-refractivity contribution in [3.05, 3.63) is 27.7 Å². The minimum atomic E-state index is -3.65. The molecule has 1 aliphatic rings. The number of hydrogen-bond acceptors (Lipinski definition) is 3. The molecule has 1 aromatic carbocycles. The third-order valence-electron chi connectivity index (χ3n) is 3.62. The first-order valence-electron chi connectivity index (χ1n) is 6.97. The molecule has 4 nitrogen and oxygen atoms in total. The van der Waals surface area contributed by atoms with Gasteiger partial charge >= 0.3 is 0 Å². The molecular weight excluding hydrogens is 331 g/mol. The van der Waals surface area contributed by atoms with Crippen LogP contribution < -0.4 is 5.73 Å². The van der Waals surface area contributed by atoms with Gasteiger partial charge in [-0.15, -0.1) is 0 Å². The molecule has 0 aliphatic heterocycles. The van der Waals surface area contributed by atoms with Gasteiger partial charge in [-0.25, -0.2) is 8.42 Å². The molecule has 0 atom stereocenters. The molecule has 0 spiro atoms. The molecule has 2 rings (SSSR count). The van der Waals surface area contributed by atoms with E-state index in [1.165, 1.54) is 16.4 Å². The molecule has 118 valence electrons. The second-order valence-corrected chi connectivity index (χ2v) is 8.36. The SMILES string of the molecule is CC(C)N(CC1CC1)S(=O)(=O)c1cc(CN)c(Cl)cc1Cl. The molecular formula is C14H20Cl2N2O2S. The fraction of sp³-hybridized carbons (Fsp3) is 0.571. The minimum Gasteiger partial charge on any atom is -0.326 e. The zero-order valence-electron chi connectivity index (χ0n) is 12.1. The van der Waals surface area contributed by atoms with Gasteiger partial charge in [0.2, 0.25) is 10.0 Å². The van der Waals surface area contributed by atoms with E-state index in [0.717, 1.165) is 12.8 Å². The van der Waals surface area contributed by atoms with E-state index in [0.29, 0.717) is 23.0 Å². The van der Waals surface area contributed by atoms with E-state index < -0.39 is 10.0 Å². The topological polar surface area (TPSA) is 63.4 Å². The van der Waals surface area contributed by atoms with Gasteiger partial charge in [-0.1, -0.05) is 23.2 Å². The molecule has 2 N–H and O–H groups in total. The highest BCUT2D eigenvalue weighted by atomic mass is 35.5. The fourth-order valence-electron chi connectivity index (χ4n) is 2.19. The largest absolute Gasteiger partial charge is 0.326 e. The Morgan fingerprint density at radius 2 is 1.90 bits per heavy atom. The number of benzene rings is 1. The molecule has 7 heteroatoms. The predicted octanol–water partition coefficient (Wildman–Crippen LogP) is 3.26. The molecule has 0 bridgehead atoms. The number of rotatable bonds is 6. The Morgan fingerprint density at radius 3 is 2.38 bits per heavy atom. The van der Waals surface area contributed by atoms with E-state index in [4.69, 9.17) is 28.9 Å². The first kappa shape index (κ1) is 17.0. The van der Waals surface area contributed by atoms with Crippen LogP contribution in [0.5, 0.6) is 0 Å². The Hall–Kier alpha value is -0.330. The molecule has 0 aromatic heterocycles. The van der Waals surface area contributed by atoms with Crippen LogP contribution in [-0.2, 0) is 16.6 Å². The molecule has 0 heterocycles.